The van der Waals surface area contributed by atoms with Crippen molar-refractivity contribution < 1.29 is 9.53 Å². The van der Waals surface area contributed by atoms with Crippen molar-refractivity contribution in [3.05, 3.63) is 28.8 Å². The Balaban J connectivity index is 2.31. The van der Waals surface area contributed by atoms with Crippen LogP contribution in [0.4, 0.5) is 0 Å². The lowest BCUT2D eigenvalue weighted by atomic mass is 9.79. The summed E-state index contributed by atoms with van der Waals surface area (Å²) in [5.74, 6) is 1.03. The molecule has 0 saturated heterocycles. The number of ether oxygens (including phenoxy) is 1. The normalized spacial score (nSPS) is 20.4. The smallest absolute Gasteiger partial charge is 0.140 e. The molecule has 1 atom stereocenters. The van der Waals surface area contributed by atoms with E-state index in [0.717, 1.165) is 12.0 Å². The zero-order chi connectivity index (χ0) is 10.1. The first kappa shape index (κ1) is 9.53. The first-order valence-corrected chi connectivity index (χ1v) is 4.96. The fourth-order valence-corrected chi connectivity index (χ4v) is 1.85. The van der Waals surface area contributed by atoms with Crippen molar-refractivity contribution in [2.45, 2.75) is 18.8 Å². The van der Waals surface area contributed by atoms with Gasteiger partial charge in [0.2, 0.25) is 0 Å². The molecule has 1 aliphatic carbocycles. The highest BCUT2D eigenvalue weighted by atomic mass is 35.5. The molecule has 0 aromatic heterocycles. The Morgan fingerprint density at radius 3 is 2.79 bits per heavy atom. The molecule has 1 aliphatic rings. The van der Waals surface area contributed by atoms with Crippen LogP contribution in [-0.2, 0) is 4.79 Å². The molecule has 1 aromatic rings. The van der Waals surface area contributed by atoms with Crippen LogP contribution in [0.3, 0.4) is 0 Å². The summed E-state index contributed by atoms with van der Waals surface area (Å²) in [6, 6.07) is 5.53. The summed E-state index contributed by atoms with van der Waals surface area (Å²) in [6.07, 6.45) is 1.65. The van der Waals surface area contributed by atoms with Crippen LogP contribution in [0.2, 0.25) is 5.02 Å². The minimum absolute atomic E-state index is 0.0705. The molecule has 0 spiro atoms. The average molecular weight is 211 g/mol. The lowest BCUT2D eigenvalue weighted by Crippen LogP contribution is -2.23. The second kappa shape index (κ2) is 3.62. The van der Waals surface area contributed by atoms with E-state index in [4.69, 9.17) is 16.3 Å². The van der Waals surface area contributed by atoms with Gasteiger partial charge in [0, 0.05) is 12.3 Å². The van der Waals surface area contributed by atoms with Crippen LogP contribution in [-0.4, -0.2) is 12.9 Å². The van der Waals surface area contributed by atoms with E-state index in [1.54, 1.807) is 13.2 Å². The molecule has 1 fully saturated rings. The van der Waals surface area contributed by atoms with Crippen molar-refractivity contribution in [2.24, 2.45) is 0 Å². The summed E-state index contributed by atoms with van der Waals surface area (Å²) in [4.78, 5) is 11.2. The maximum atomic E-state index is 11.2. The fourth-order valence-electron chi connectivity index (χ4n) is 1.65. The van der Waals surface area contributed by atoms with Crippen LogP contribution in [0.15, 0.2) is 18.2 Å². The van der Waals surface area contributed by atoms with Crippen molar-refractivity contribution >= 4 is 17.4 Å². The Morgan fingerprint density at radius 1 is 1.50 bits per heavy atom. The van der Waals surface area contributed by atoms with Gasteiger partial charge >= 0.3 is 0 Å². The molecular formula is C11H11ClO2. The van der Waals surface area contributed by atoms with E-state index in [1.807, 2.05) is 12.1 Å². The Labute approximate surface area is 87.8 Å². The van der Waals surface area contributed by atoms with Crippen LogP contribution in [0.1, 0.15) is 24.3 Å². The van der Waals surface area contributed by atoms with Crippen molar-refractivity contribution in [3.63, 3.8) is 0 Å². The minimum atomic E-state index is 0.0705. The molecule has 1 aromatic carbocycles. The van der Waals surface area contributed by atoms with E-state index >= 15 is 0 Å². The first-order chi connectivity index (χ1) is 6.72. The van der Waals surface area contributed by atoms with Gasteiger partial charge in [-0.1, -0.05) is 17.7 Å². The van der Waals surface area contributed by atoms with Gasteiger partial charge in [-0.15, -0.1) is 0 Å². The molecule has 3 heteroatoms. The molecule has 0 amide bonds. The molecule has 74 valence electrons. The molecule has 1 unspecified atom stereocenters. The molecule has 0 N–H and O–H groups in total. The molecule has 0 heterocycles. The van der Waals surface area contributed by atoms with E-state index in [-0.39, 0.29) is 5.92 Å². The van der Waals surface area contributed by atoms with Crippen molar-refractivity contribution in [2.75, 3.05) is 7.11 Å². The number of carbonyl (C=O) groups excluding carboxylic acids is 1. The van der Waals surface area contributed by atoms with Gasteiger partial charge in [-0.05, 0) is 24.1 Å². The number of methoxy groups -OCH3 is 1. The SMILES string of the molecule is COc1cc(C2CCC2=O)ccc1Cl. The van der Waals surface area contributed by atoms with E-state index in [0.29, 0.717) is 23.0 Å². The molecule has 14 heavy (non-hydrogen) atoms. The average Bonchev–Trinajstić information content (AvgIpc) is 2.18. The largest absolute Gasteiger partial charge is 0.495 e. The van der Waals surface area contributed by atoms with E-state index in [1.165, 1.54) is 0 Å². The highest BCUT2D eigenvalue weighted by molar-refractivity contribution is 6.32. The Hall–Kier alpha value is -1.02. The van der Waals surface area contributed by atoms with Gasteiger partial charge in [-0.3, -0.25) is 4.79 Å². The molecule has 2 nitrogen and oxygen atoms in total. The number of benzene rings is 1. The van der Waals surface area contributed by atoms with Gasteiger partial charge in [0.1, 0.15) is 11.5 Å². The standard InChI is InChI=1S/C11H11ClO2/c1-14-11-6-7(2-4-9(11)12)8-3-5-10(8)13/h2,4,6,8H,3,5H2,1H3. The minimum Gasteiger partial charge on any atom is -0.495 e. The summed E-state index contributed by atoms with van der Waals surface area (Å²) in [7, 11) is 1.58. The molecule has 2 rings (SSSR count). The zero-order valence-electron chi connectivity index (χ0n) is 7.92. The van der Waals surface area contributed by atoms with Crippen molar-refractivity contribution in [1.29, 1.82) is 0 Å². The molecule has 0 aliphatic heterocycles. The Morgan fingerprint density at radius 2 is 2.29 bits per heavy atom. The monoisotopic (exact) mass is 210 g/mol. The third-order valence-electron chi connectivity index (χ3n) is 2.65. The first-order valence-electron chi connectivity index (χ1n) is 4.58. The van der Waals surface area contributed by atoms with Crippen LogP contribution >= 0.6 is 11.6 Å². The second-order valence-electron chi connectivity index (χ2n) is 3.45. The third-order valence-corrected chi connectivity index (χ3v) is 2.96. The topological polar surface area (TPSA) is 26.3 Å². The van der Waals surface area contributed by atoms with Crippen LogP contribution in [0, 0.1) is 0 Å². The number of hydrogen-bond donors (Lipinski definition) is 0. The molecule has 0 bridgehead atoms. The number of carbonyl (C=O) groups is 1. The van der Waals surface area contributed by atoms with E-state index < -0.39 is 0 Å². The quantitative estimate of drug-likeness (QED) is 0.751. The summed E-state index contributed by atoms with van der Waals surface area (Å²) in [5, 5.41) is 0.586. The van der Waals surface area contributed by atoms with E-state index in [2.05, 4.69) is 0 Å². The van der Waals surface area contributed by atoms with E-state index in [9.17, 15) is 4.79 Å². The van der Waals surface area contributed by atoms with Gasteiger partial charge in [0.25, 0.3) is 0 Å². The lowest BCUT2D eigenvalue weighted by molar-refractivity contribution is -0.125. The fraction of sp³-hybridized carbons (Fsp3) is 0.364. The Kier molecular flexibility index (Phi) is 2.46. The third kappa shape index (κ3) is 1.50. The second-order valence-corrected chi connectivity index (χ2v) is 3.86. The number of hydrogen-bond acceptors (Lipinski definition) is 2. The van der Waals surface area contributed by atoms with Gasteiger partial charge in [-0.25, -0.2) is 0 Å². The Bertz CT molecular complexity index is 374. The zero-order valence-corrected chi connectivity index (χ0v) is 8.67. The molecule has 0 radical (unpaired) electrons. The maximum absolute atomic E-state index is 11.2. The van der Waals surface area contributed by atoms with Gasteiger partial charge in [-0.2, -0.15) is 0 Å². The van der Waals surface area contributed by atoms with Crippen molar-refractivity contribution in [1.82, 2.24) is 0 Å². The molecule has 1 saturated carbocycles. The van der Waals surface area contributed by atoms with Gasteiger partial charge in [0.15, 0.2) is 0 Å². The van der Waals surface area contributed by atoms with Crippen LogP contribution in [0.5, 0.6) is 5.75 Å². The lowest BCUT2D eigenvalue weighted by Gasteiger charge is -2.24. The summed E-state index contributed by atoms with van der Waals surface area (Å²) in [6.45, 7) is 0. The van der Waals surface area contributed by atoms with Gasteiger partial charge in [0.05, 0.1) is 12.1 Å². The highest BCUT2D eigenvalue weighted by Crippen LogP contribution is 2.36. The van der Waals surface area contributed by atoms with Crippen molar-refractivity contribution in [3.8, 4) is 5.75 Å². The number of Topliss-reactive ketones (excluding diaryl/α,β-unsaturated/α-hetero) is 1. The predicted octanol–water partition coefficient (Wildman–Crippen LogP) is 2.80. The number of halogens is 1. The molecular weight excluding hydrogens is 200 g/mol. The predicted molar refractivity (Wildman–Crippen MR) is 55.0 cm³/mol. The maximum Gasteiger partial charge on any atom is 0.140 e. The van der Waals surface area contributed by atoms with Crippen LogP contribution < -0.4 is 4.74 Å². The summed E-state index contributed by atoms with van der Waals surface area (Å²) >= 11 is 5.89. The number of rotatable bonds is 2. The summed E-state index contributed by atoms with van der Waals surface area (Å²) < 4.78 is 5.10. The van der Waals surface area contributed by atoms with Gasteiger partial charge < -0.3 is 4.74 Å². The number of ketones is 1. The summed E-state index contributed by atoms with van der Waals surface area (Å²) in [5.41, 5.74) is 1.02. The highest BCUT2D eigenvalue weighted by Gasteiger charge is 2.29. The van der Waals surface area contributed by atoms with Crippen LogP contribution in [0.25, 0.3) is 0 Å².